The van der Waals surface area contributed by atoms with Gasteiger partial charge in [-0.05, 0) is 50.2 Å². The lowest BCUT2D eigenvalue weighted by Gasteiger charge is -2.34. The topological polar surface area (TPSA) is 57.5 Å². The molecule has 6 rings (SSSR count). The van der Waals surface area contributed by atoms with Crippen molar-refractivity contribution in [1.29, 1.82) is 0 Å². The molecule has 1 fully saturated rings. The van der Waals surface area contributed by atoms with E-state index >= 15 is 0 Å². The molecule has 2 aliphatic heterocycles. The first-order valence-electron chi connectivity index (χ1n) is 10.9. The first-order valence-corrected chi connectivity index (χ1v) is 10.9. The van der Waals surface area contributed by atoms with Gasteiger partial charge in [-0.25, -0.2) is 4.39 Å². The maximum Gasteiger partial charge on any atom is 0.298 e. The summed E-state index contributed by atoms with van der Waals surface area (Å²) < 4.78 is 25.5. The van der Waals surface area contributed by atoms with Gasteiger partial charge in [-0.1, -0.05) is 0 Å². The fourth-order valence-electron chi connectivity index (χ4n) is 4.98. The Morgan fingerprint density at radius 3 is 2.74 bits per heavy atom. The van der Waals surface area contributed by atoms with E-state index in [1.165, 1.54) is 17.3 Å². The molecule has 4 aromatic rings. The molecule has 0 aliphatic carbocycles. The van der Waals surface area contributed by atoms with Crippen LogP contribution in [0.15, 0.2) is 40.8 Å². The van der Waals surface area contributed by atoms with E-state index in [4.69, 9.17) is 14.1 Å². The number of hydrogen-bond acceptors (Lipinski definition) is 5. The standard InChI is InChI=1S/C24H25FN4O2/c1-14-11-29(12-15(2)30-14)24-27-22-10-17(4-6-23(22)31-24)28-8-7-20-19(13-28)18-5-3-16(25)9-21(18)26-20/h3-6,9-10,14-15,26H,7-8,11-13H2,1-2H3/t14-,15+. The molecule has 0 saturated carbocycles. The van der Waals surface area contributed by atoms with Crippen molar-refractivity contribution in [1.82, 2.24) is 9.97 Å². The molecular formula is C24H25FN4O2. The lowest BCUT2D eigenvalue weighted by molar-refractivity contribution is -0.00662. The molecule has 0 radical (unpaired) electrons. The highest BCUT2D eigenvalue weighted by molar-refractivity contribution is 5.86. The monoisotopic (exact) mass is 420 g/mol. The Bertz CT molecular complexity index is 1270. The number of nitrogens with zero attached hydrogens (tertiary/aromatic N) is 3. The fraction of sp³-hybridized carbons (Fsp3) is 0.375. The predicted octanol–water partition coefficient (Wildman–Crippen LogP) is 4.62. The SMILES string of the molecule is C[C@@H]1CN(c2nc3cc(N4CCc5[nH]c6cc(F)ccc6c5C4)ccc3o2)C[C@H](C)O1. The average Bonchev–Trinajstić information content (AvgIpc) is 3.32. The summed E-state index contributed by atoms with van der Waals surface area (Å²) >= 11 is 0. The van der Waals surface area contributed by atoms with Crippen LogP contribution in [0.2, 0.25) is 0 Å². The van der Waals surface area contributed by atoms with Crippen molar-refractivity contribution in [3.05, 3.63) is 53.5 Å². The third-order valence-corrected chi connectivity index (χ3v) is 6.35. The first kappa shape index (κ1) is 18.7. The van der Waals surface area contributed by atoms with Crippen LogP contribution in [0.1, 0.15) is 25.1 Å². The maximum atomic E-state index is 13.6. The highest BCUT2D eigenvalue weighted by Gasteiger charge is 2.26. The minimum Gasteiger partial charge on any atom is -0.423 e. The van der Waals surface area contributed by atoms with Gasteiger partial charge in [0.25, 0.3) is 6.01 Å². The van der Waals surface area contributed by atoms with Crippen LogP contribution >= 0.6 is 0 Å². The van der Waals surface area contributed by atoms with Crippen molar-refractivity contribution in [2.24, 2.45) is 0 Å². The summed E-state index contributed by atoms with van der Waals surface area (Å²) in [6.45, 7) is 7.40. The summed E-state index contributed by atoms with van der Waals surface area (Å²) in [5, 5.41) is 1.10. The van der Waals surface area contributed by atoms with Crippen LogP contribution in [0, 0.1) is 5.82 Å². The number of oxazole rings is 1. The minimum absolute atomic E-state index is 0.154. The van der Waals surface area contributed by atoms with Crippen molar-refractivity contribution >= 4 is 33.7 Å². The van der Waals surface area contributed by atoms with E-state index in [1.54, 1.807) is 6.07 Å². The predicted molar refractivity (Wildman–Crippen MR) is 119 cm³/mol. The van der Waals surface area contributed by atoms with Gasteiger partial charge < -0.3 is 23.9 Å². The number of hydrogen-bond donors (Lipinski definition) is 1. The number of ether oxygens (including phenoxy) is 1. The van der Waals surface area contributed by atoms with Crippen LogP contribution < -0.4 is 9.80 Å². The average molecular weight is 420 g/mol. The molecule has 31 heavy (non-hydrogen) atoms. The van der Waals surface area contributed by atoms with Gasteiger partial charge in [-0.2, -0.15) is 4.98 Å². The third-order valence-electron chi connectivity index (χ3n) is 6.35. The van der Waals surface area contributed by atoms with E-state index in [0.717, 1.165) is 60.3 Å². The summed E-state index contributed by atoms with van der Waals surface area (Å²) in [5.74, 6) is -0.209. The largest absolute Gasteiger partial charge is 0.423 e. The zero-order chi connectivity index (χ0) is 21.1. The normalized spacial score (nSPS) is 21.8. The number of benzene rings is 2. The molecule has 0 unspecified atom stereocenters. The second kappa shape index (κ2) is 6.99. The van der Waals surface area contributed by atoms with Crippen molar-refractivity contribution in [2.45, 2.75) is 39.0 Å². The molecule has 2 aromatic carbocycles. The molecule has 0 amide bonds. The van der Waals surface area contributed by atoms with E-state index in [0.29, 0.717) is 6.01 Å². The number of anilines is 2. The Hall–Kier alpha value is -3.06. The van der Waals surface area contributed by atoms with Crippen molar-refractivity contribution in [3.8, 4) is 0 Å². The zero-order valence-electron chi connectivity index (χ0n) is 17.7. The molecule has 6 nitrogen and oxygen atoms in total. The molecule has 4 heterocycles. The molecule has 7 heteroatoms. The van der Waals surface area contributed by atoms with Crippen molar-refractivity contribution < 1.29 is 13.5 Å². The Morgan fingerprint density at radius 2 is 1.90 bits per heavy atom. The van der Waals surface area contributed by atoms with E-state index < -0.39 is 0 Å². The van der Waals surface area contributed by atoms with Crippen LogP contribution in [0.5, 0.6) is 0 Å². The van der Waals surface area contributed by atoms with E-state index in [-0.39, 0.29) is 18.0 Å². The Morgan fingerprint density at radius 1 is 1.06 bits per heavy atom. The molecular weight excluding hydrogens is 395 g/mol. The summed E-state index contributed by atoms with van der Waals surface area (Å²) in [6, 6.07) is 11.9. The lowest BCUT2D eigenvalue weighted by atomic mass is 10.0. The number of H-pyrrole nitrogens is 1. The van der Waals surface area contributed by atoms with Gasteiger partial charge in [0, 0.05) is 60.4 Å². The van der Waals surface area contributed by atoms with Crippen molar-refractivity contribution in [2.75, 3.05) is 29.4 Å². The molecule has 0 spiro atoms. The molecule has 160 valence electrons. The van der Waals surface area contributed by atoms with Crippen LogP contribution in [0.4, 0.5) is 16.1 Å². The minimum atomic E-state index is -0.209. The quantitative estimate of drug-likeness (QED) is 0.513. The number of rotatable bonds is 2. The molecule has 0 bridgehead atoms. The van der Waals surface area contributed by atoms with Gasteiger partial charge in [0.1, 0.15) is 11.3 Å². The summed E-state index contributed by atoms with van der Waals surface area (Å²) in [5.41, 5.74) is 6.11. The van der Waals surface area contributed by atoms with Gasteiger partial charge in [0.05, 0.1) is 12.2 Å². The van der Waals surface area contributed by atoms with E-state index in [2.05, 4.69) is 40.8 Å². The number of halogens is 1. The highest BCUT2D eigenvalue weighted by Crippen LogP contribution is 2.33. The Kier molecular flexibility index (Phi) is 4.21. The Labute approximate surface area is 179 Å². The number of aromatic amines is 1. The van der Waals surface area contributed by atoms with Gasteiger partial charge in [0.2, 0.25) is 0 Å². The van der Waals surface area contributed by atoms with Gasteiger partial charge in [-0.3, -0.25) is 0 Å². The van der Waals surface area contributed by atoms with Gasteiger partial charge >= 0.3 is 0 Å². The van der Waals surface area contributed by atoms with Crippen LogP contribution in [-0.2, 0) is 17.7 Å². The van der Waals surface area contributed by atoms with Crippen LogP contribution in [0.25, 0.3) is 22.0 Å². The maximum absolute atomic E-state index is 13.6. The molecule has 2 atom stereocenters. The number of aromatic nitrogens is 2. The highest BCUT2D eigenvalue weighted by atomic mass is 19.1. The first-order chi connectivity index (χ1) is 15.0. The van der Waals surface area contributed by atoms with Crippen LogP contribution in [-0.4, -0.2) is 41.8 Å². The second-order valence-electron chi connectivity index (χ2n) is 8.75. The van der Waals surface area contributed by atoms with Gasteiger partial charge in [0.15, 0.2) is 5.58 Å². The van der Waals surface area contributed by atoms with E-state index in [9.17, 15) is 4.39 Å². The Balaban J connectivity index is 1.30. The smallest absolute Gasteiger partial charge is 0.298 e. The molecule has 1 N–H and O–H groups in total. The summed E-state index contributed by atoms with van der Waals surface area (Å²) in [6.07, 6.45) is 1.21. The molecule has 1 saturated heterocycles. The van der Waals surface area contributed by atoms with E-state index in [1.807, 2.05) is 12.1 Å². The third kappa shape index (κ3) is 3.24. The lowest BCUT2D eigenvalue weighted by Crippen LogP contribution is -2.45. The fourth-order valence-corrected chi connectivity index (χ4v) is 4.98. The van der Waals surface area contributed by atoms with Gasteiger partial charge in [-0.15, -0.1) is 0 Å². The summed E-state index contributed by atoms with van der Waals surface area (Å²) in [7, 11) is 0. The number of nitrogens with one attached hydrogen (secondary N) is 1. The second-order valence-corrected chi connectivity index (χ2v) is 8.75. The number of morpholine rings is 1. The van der Waals surface area contributed by atoms with Crippen LogP contribution in [0.3, 0.4) is 0 Å². The zero-order valence-corrected chi connectivity index (χ0v) is 17.7. The summed E-state index contributed by atoms with van der Waals surface area (Å²) in [4.78, 5) is 12.7. The molecule has 2 aromatic heterocycles. The van der Waals surface area contributed by atoms with Crippen molar-refractivity contribution in [3.63, 3.8) is 0 Å². The number of fused-ring (bicyclic) bond motifs is 4. The molecule has 2 aliphatic rings.